The van der Waals surface area contributed by atoms with Crippen LogP contribution in [0, 0.1) is 11.8 Å². The molecule has 1 aliphatic carbocycles. The molecule has 0 aromatic rings. The Morgan fingerprint density at radius 3 is 2.24 bits per heavy atom. The summed E-state index contributed by atoms with van der Waals surface area (Å²) in [5.74, 6) is -2.25. The lowest BCUT2D eigenvalue weighted by Crippen LogP contribution is -2.54. The SMILES string of the molecule is CNC(=O)C1CCCCN1C(=O)[C@@H]1CCCC[C@@H]1C(=O)O. The highest BCUT2D eigenvalue weighted by atomic mass is 16.4. The molecule has 1 unspecified atom stereocenters. The van der Waals surface area contributed by atoms with Crippen molar-refractivity contribution in [3.05, 3.63) is 0 Å². The van der Waals surface area contributed by atoms with Gasteiger partial charge in [-0.15, -0.1) is 0 Å². The molecule has 0 aromatic heterocycles. The number of rotatable bonds is 3. The number of piperidine rings is 1. The van der Waals surface area contributed by atoms with Gasteiger partial charge in [0.15, 0.2) is 0 Å². The molecule has 2 rings (SSSR count). The number of carboxylic acids is 1. The van der Waals surface area contributed by atoms with Crippen molar-refractivity contribution in [2.45, 2.75) is 51.0 Å². The molecule has 0 spiro atoms. The van der Waals surface area contributed by atoms with Gasteiger partial charge >= 0.3 is 5.97 Å². The van der Waals surface area contributed by atoms with E-state index in [1.165, 1.54) is 0 Å². The molecule has 3 atom stereocenters. The summed E-state index contributed by atoms with van der Waals surface area (Å²) < 4.78 is 0. The topological polar surface area (TPSA) is 86.7 Å². The van der Waals surface area contributed by atoms with E-state index in [4.69, 9.17) is 0 Å². The summed E-state index contributed by atoms with van der Waals surface area (Å²) >= 11 is 0. The zero-order chi connectivity index (χ0) is 15.4. The molecule has 2 amide bonds. The van der Waals surface area contributed by atoms with Crippen LogP contribution in [0.4, 0.5) is 0 Å². The first kappa shape index (κ1) is 15.8. The van der Waals surface area contributed by atoms with Gasteiger partial charge in [0.05, 0.1) is 11.8 Å². The van der Waals surface area contributed by atoms with Gasteiger partial charge in [-0.05, 0) is 32.1 Å². The van der Waals surface area contributed by atoms with Crippen LogP contribution in [0.3, 0.4) is 0 Å². The van der Waals surface area contributed by atoms with Crippen LogP contribution in [-0.2, 0) is 14.4 Å². The molecular formula is C15H24N2O4. The fraction of sp³-hybridized carbons (Fsp3) is 0.800. The predicted octanol–water partition coefficient (Wildman–Crippen LogP) is 1.00. The second kappa shape index (κ2) is 6.91. The van der Waals surface area contributed by atoms with Gasteiger partial charge in [-0.1, -0.05) is 12.8 Å². The Morgan fingerprint density at radius 2 is 1.62 bits per heavy atom. The molecule has 118 valence electrons. The third-order valence-electron chi connectivity index (χ3n) is 4.74. The summed E-state index contributed by atoms with van der Waals surface area (Å²) in [4.78, 5) is 37.7. The summed E-state index contributed by atoms with van der Waals surface area (Å²) in [5, 5.41) is 11.9. The zero-order valence-electron chi connectivity index (χ0n) is 12.5. The van der Waals surface area contributed by atoms with E-state index in [0.717, 1.165) is 25.7 Å². The molecule has 2 aliphatic rings. The number of nitrogens with one attached hydrogen (secondary N) is 1. The van der Waals surface area contributed by atoms with Crippen LogP contribution < -0.4 is 5.32 Å². The lowest BCUT2D eigenvalue weighted by molar-refractivity contribution is -0.155. The van der Waals surface area contributed by atoms with E-state index in [2.05, 4.69) is 5.32 Å². The van der Waals surface area contributed by atoms with Crippen molar-refractivity contribution in [2.24, 2.45) is 11.8 Å². The van der Waals surface area contributed by atoms with Crippen molar-refractivity contribution >= 4 is 17.8 Å². The quantitative estimate of drug-likeness (QED) is 0.813. The lowest BCUT2D eigenvalue weighted by Gasteiger charge is -2.39. The number of carbonyl (C=O) groups excluding carboxylic acids is 2. The maximum Gasteiger partial charge on any atom is 0.307 e. The average molecular weight is 296 g/mol. The maximum absolute atomic E-state index is 12.8. The Labute approximate surface area is 124 Å². The molecule has 1 saturated carbocycles. The van der Waals surface area contributed by atoms with Gasteiger partial charge < -0.3 is 15.3 Å². The zero-order valence-corrected chi connectivity index (χ0v) is 12.5. The van der Waals surface area contributed by atoms with E-state index in [1.54, 1.807) is 11.9 Å². The number of likely N-dealkylation sites (N-methyl/N-ethyl adjacent to an activating group) is 1. The predicted molar refractivity (Wildman–Crippen MR) is 76.5 cm³/mol. The number of aliphatic carboxylic acids is 1. The van der Waals surface area contributed by atoms with Crippen molar-refractivity contribution in [3.63, 3.8) is 0 Å². The average Bonchev–Trinajstić information content (AvgIpc) is 2.53. The Balaban J connectivity index is 2.15. The van der Waals surface area contributed by atoms with E-state index in [-0.39, 0.29) is 11.8 Å². The van der Waals surface area contributed by atoms with Crippen molar-refractivity contribution in [1.29, 1.82) is 0 Å². The molecule has 21 heavy (non-hydrogen) atoms. The first-order valence-electron chi connectivity index (χ1n) is 7.81. The van der Waals surface area contributed by atoms with Crippen LogP contribution in [0.5, 0.6) is 0 Å². The third kappa shape index (κ3) is 3.36. The van der Waals surface area contributed by atoms with Crippen LogP contribution in [0.15, 0.2) is 0 Å². The van der Waals surface area contributed by atoms with Gasteiger partial charge in [-0.3, -0.25) is 14.4 Å². The highest BCUT2D eigenvalue weighted by Crippen LogP contribution is 2.33. The van der Waals surface area contributed by atoms with Crippen molar-refractivity contribution in [3.8, 4) is 0 Å². The highest BCUT2D eigenvalue weighted by molar-refractivity contribution is 5.90. The summed E-state index contributed by atoms with van der Waals surface area (Å²) in [6.07, 6.45) is 5.39. The van der Waals surface area contributed by atoms with E-state index in [9.17, 15) is 19.5 Å². The van der Waals surface area contributed by atoms with Gasteiger partial charge in [0, 0.05) is 13.6 Å². The summed E-state index contributed by atoms with van der Waals surface area (Å²) in [6.45, 7) is 0.555. The molecule has 2 fully saturated rings. The molecule has 2 N–H and O–H groups in total. The molecule has 0 radical (unpaired) electrons. The summed E-state index contributed by atoms with van der Waals surface area (Å²) in [5.41, 5.74) is 0. The largest absolute Gasteiger partial charge is 0.481 e. The van der Waals surface area contributed by atoms with Crippen LogP contribution in [0.2, 0.25) is 0 Å². The number of hydrogen-bond donors (Lipinski definition) is 2. The summed E-state index contributed by atoms with van der Waals surface area (Å²) in [7, 11) is 1.57. The van der Waals surface area contributed by atoms with Crippen LogP contribution >= 0.6 is 0 Å². The fourth-order valence-electron chi connectivity index (χ4n) is 3.57. The van der Waals surface area contributed by atoms with Gasteiger partial charge in [0.1, 0.15) is 6.04 Å². The van der Waals surface area contributed by atoms with Gasteiger partial charge in [-0.25, -0.2) is 0 Å². The lowest BCUT2D eigenvalue weighted by atomic mass is 9.78. The number of likely N-dealkylation sites (tertiary alicyclic amines) is 1. The smallest absolute Gasteiger partial charge is 0.307 e. The Morgan fingerprint density at radius 1 is 1.00 bits per heavy atom. The van der Waals surface area contributed by atoms with Crippen molar-refractivity contribution < 1.29 is 19.5 Å². The van der Waals surface area contributed by atoms with Crippen LogP contribution in [0.25, 0.3) is 0 Å². The number of amides is 2. The normalized spacial score (nSPS) is 29.8. The molecule has 6 nitrogen and oxygen atoms in total. The molecule has 6 heteroatoms. The van der Waals surface area contributed by atoms with Crippen LogP contribution in [0.1, 0.15) is 44.9 Å². The number of carboxylic acid groups (broad SMARTS) is 1. The standard InChI is InChI=1S/C15H24N2O4/c1-16-13(18)12-8-4-5-9-17(12)14(19)10-6-2-3-7-11(10)15(20)21/h10-12H,2-9H2,1H3,(H,16,18)(H,20,21)/t10-,11+,12?/m1/s1. The van der Waals surface area contributed by atoms with E-state index >= 15 is 0 Å². The summed E-state index contributed by atoms with van der Waals surface area (Å²) in [6, 6.07) is -0.437. The van der Waals surface area contributed by atoms with Gasteiger partial charge in [0.2, 0.25) is 11.8 Å². The second-order valence-corrected chi connectivity index (χ2v) is 5.99. The number of nitrogens with zero attached hydrogens (tertiary/aromatic N) is 1. The third-order valence-corrected chi connectivity index (χ3v) is 4.74. The van der Waals surface area contributed by atoms with E-state index < -0.39 is 23.8 Å². The minimum atomic E-state index is -0.887. The molecule has 1 aliphatic heterocycles. The second-order valence-electron chi connectivity index (χ2n) is 5.99. The Bertz CT molecular complexity index is 424. The first-order chi connectivity index (χ1) is 10.1. The van der Waals surface area contributed by atoms with Crippen LogP contribution in [-0.4, -0.2) is 47.4 Å². The molecular weight excluding hydrogens is 272 g/mol. The number of carbonyl (C=O) groups is 3. The molecule has 1 saturated heterocycles. The number of hydrogen-bond acceptors (Lipinski definition) is 3. The Kier molecular flexibility index (Phi) is 5.20. The van der Waals surface area contributed by atoms with E-state index in [1.807, 2.05) is 0 Å². The van der Waals surface area contributed by atoms with Gasteiger partial charge in [-0.2, -0.15) is 0 Å². The highest BCUT2D eigenvalue weighted by Gasteiger charge is 2.41. The fourth-order valence-corrected chi connectivity index (χ4v) is 3.57. The van der Waals surface area contributed by atoms with E-state index in [0.29, 0.717) is 25.8 Å². The van der Waals surface area contributed by atoms with Crippen molar-refractivity contribution in [2.75, 3.05) is 13.6 Å². The molecule has 1 heterocycles. The maximum atomic E-state index is 12.8. The van der Waals surface area contributed by atoms with Crippen molar-refractivity contribution in [1.82, 2.24) is 10.2 Å². The monoisotopic (exact) mass is 296 g/mol. The molecule has 0 bridgehead atoms. The minimum Gasteiger partial charge on any atom is -0.481 e. The minimum absolute atomic E-state index is 0.143. The van der Waals surface area contributed by atoms with Gasteiger partial charge in [0.25, 0.3) is 0 Å². The Hall–Kier alpha value is -1.59. The first-order valence-corrected chi connectivity index (χ1v) is 7.81. The molecule has 0 aromatic carbocycles.